The van der Waals surface area contributed by atoms with Crippen molar-refractivity contribution in [1.29, 1.82) is 0 Å². The highest BCUT2D eigenvalue weighted by Gasteiger charge is 2.04. The van der Waals surface area contributed by atoms with E-state index in [1.165, 1.54) is 41.9 Å². The van der Waals surface area contributed by atoms with Crippen LogP contribution < -0.4 is 0 Å². The Hall–Kier alpha value is -1.64. The molecule has 2 aromatic carbocycles. The van der Waals surface area contributed by atoms with Crippen LogP contribution in [-0.2, 0) is 25.9 Å². The minimum Gasteiger partial charge on any atom is -0.313 e. The summed E-state index contributed by atoms with van der Waals surface area (Å²) in [6, 6.07) is 17.2. The van der Waals surface area contributed by atoms with Gasteiger partial charge in [0.2, 0.25) is 0 Å². The Bertz CT molecular complexity index is 520. The third-order valence-corrected chi connectivity index (χ3v) is 4.41. The highest BCUT2D eigenvalue weighted by atomic mass is 16.5. The molecule has 0 aromatic heterocycles. The summed E-state index contributed by atoms with van der Waals surface area (Å²) >= 11 is 0. The molecule has 2 nitrogen and oxygen atoms in total. The number of aryl methyl sites for hydroxylation is 2. The van der Waals surface area contributed by atoms with Crippen LogP contribution in [0.4, 0.5) is 0 Å². The van der Waals surface area contributed by atoms with Gasteiger partial charge in [-0.05, 0) is 47.9 Å². The van der Waals surface area contributed by atoms with Gasteiger partial charge in [0.25, 0.3) is 0 Å². The second-order valence-electron chi connectivity index (χ2n) is 6.66. The summed E-state index contributed by atoms with van der Waals surface area (Å²) in [6.45, 7) is 5.56. The van der Waals surface area contributed by atoms with E-state index in [4.69, 9.17) is 0 Å². The molecule has 0 aliphatic carbocycles. The Labute approximate surface area is 147 Å². The molecule has 0 bridgehead atoms. The van der Waals surface area contributed by atoms with Crippen molar-refractivity contribution in [2.45, 2.75) is 65.5 Å². The largest absolute Gasteiger partial charge is 0.313 e. The van der Waals surface area contributed by atoms with Crippen molar-refractivity contribution >= 4 is 0 Å². The van der Waals surface area contributed by atoms with Crippen LogP contribution in [-0.4, -0.2) is 10.3 Å². The van der Waals surface area contributed by atoms with Crippen molar-refractivity contribution in [1.82, 2.24) is 5.06 Å². The number of rotatable bonds is 10. The van der Waals surface area contributed by atoms with Crippen molar-refractivity contribution < 1.29 is 5.21 Å². The Morgan fingerprint density at radius 2 is 0.958 bits per heavy atom. The van der Waals surface area contributed by atoms with Crippen LogP contribution >= 0.6 is 0 Å². The molecule has 0 aliphatic heterocycles. The van der Waals surface area contributed by atoms with E-state index in [1.54, 1.807) is 0 Å². The third kappa shape index (κ3) is 6.46. The molecular weight excluding hydrogens is 294 g/mol. The van der Waals surface area contributed by atoms with Crippen LogP contribution in [0.1, 0.15) is 61.8 Å². The quantitative estimate of drug-likeness (QED) is 0.561. The van der Waals surface area contributed by atoms with Crippen LogP contribution in [0.5, 0.6) is 0 Å². The zero-order chi connectivity index (χ0) is 17.2. The summed E-state index contributed by atoms with van der Waals surface area (Å²) < 4.78 is 0. The predicted octanol–water partition coefficient (Wildman–Crippen LogP) is 5.76. The van der Waals surface area contributed by atoms with Gasteiger partial charge in [-0.1, -0.05) is 75.2 Å². The summed E-state index contributed by atoms with van der Waals surface area (Å²) in [6.07, 6.45) is 7.21. The molecule has 0 saturated heterocycles. The fourth-order valence-electron chi connectivity index (χ4n) is 2.86. The van der Waals surface area contributed by atoms with Crippen LogP contribution in [0.2, 0.25) is 0 Å². The molecule has 2 aromatic rings. The fourth-order valence-corrected chi connectivity index (χ4v) is 2.86. The number of unbranched alkanes of at least 4 members (excludes halogenated alkanes) is 2. The molecule has 0 amide bonds. The van der Waals surface area contributed by atoms with Crippen molar-refractivity contribution in [2.75, 3.05) is 0 Å². The monoisotopic (exact) mass is 325 g/mol. The van der Waals surface area contributed by atoms with Gasteiger partial charge in [-0.15, -0.1) is 0 Å². The fraction of sp³-hybridized carbons (Fsp3) is 0.455. The lowest BCUT2D eigenvalue weighted by Gasteiger charge is -2.15. The first kappa shape index (κ1) is 18.7. The molecular formula is C22H31NO. The Morgan fingerprint density at radius 1 is 0.625 bits per heavy atom. The molecule has 130 valence electrons. The topological polar surface area (TPSA) is 23.5 Å². The molecule has 2 heteroatoms. The molecule has 0 atom stereocenters. The van der Waals surface area contributed by atoms with Gasteiger partial charge in [0.1, 0.15) is 0 Å². The van der Waals surface area contributed by atoms with Gasteiger partial charge in [-0.2, -0.15) is 5.06 Å². The first-order valence-electron chi connectivity index (χ1n) is 9.30. The Kier molecular flexibility index (Phi) is 8.00. The van der Waals surface area contributed by atoms with Crippen molar-refractivity contribution in [2.24, 2.45) is 0 Å². The number of nitrogens with zero attached hydrogens (tertiary/aromatic N) is 1. The molecule has 1 N–H and O–H groups in total. The average Bonchev–Trinajstić information content (AvgIpc) is 2.60. The summed E-state index contributed by atoms with van der Waals surface area (Å²) in [5.41, 5.74) is 5.06. The first-order chi connectivity index (χ1) is 11.7. The van der Waals surface area contributed by atoms with Crippen LogP contribution in [0.25, 0.3) is 0 Å². The molecule has 0 unspecified atom stereocenters. The van der Waals surface area contributed by atoms with Gasteiger partial charge in [0, 0.05) is 13.1 Å². The Balaban J connectivity index is 1.82. The van der Waals surface area contributed by atoms with Crippen molar-refractivity contribution in [3.8, 4) is 0 Å². The SMILES string of the molecule is CCCCc1ccc(CN(O)Cc2ccc(CCCC)cc2)cc1. The number of benzene rings is 2. The molecule has 0 fully saturated rings. The highest BCUT2D eigenvalue weighted by Crippen LogP contribution is 2.13. The highest BCUT2D eigenvalue weighted by molar-refractivity contribution is 5.24. The van der Waals surface area contributed by atoms with E-state index in [0.717, 1.165) is 24.0 Å². The maximum absolute atomic E-state index is 10.2. The molecule has 2 rings (SSSR count). The summed E-state index contributed by atoms with van der Waals surface area (Å²) in [7, 11) is 0. The smallest absolute Gasteiger partial charge is 0.0492 e. The van der Waals surface area contributed by atoms with E-state index in [2.05, 4.69) is 62.4 Å². The summed E-state index contributed by atoms with van der Waals surface area (Å²) in [5, 5.41) is 11.6. The molecule has 24 heavy (non-hydrogen) atoms. The van der Waals surface area contributed by atoms with Crippen LogP contribution in [0.15, 0.2) is 48.5 Å². The lowest BCUT2D eigenvalue weighted by Crippen LogP contribution is -2.18. The van der Waals surface area contributed by atoms with E-state index < -0.39 is 0 Å². The van der Waals surface area contributed by atoms with Gasteiger partial charge < -0.3 is 5.21 Å². The van der Waals surface area contributed by atoms with Gasteiger partial charge in [-0.3, -0.25) is 0 Å². The average molecular weight is 325 g/mol. The zero-order valence-corrected chi connectivity index (χ0v) is 15.2. The van der Waals surface area contributed by atoms with E-state index in [0.29, 0.717) is 13.1 Å². The van der Waals surface area contributed by atoms with E-state index >= 15 is 0 Å². The maximum Gasteiger partial charge on any atom is 0.0492 e. The zero-order valence-electron chi connectivity index (χ0n) is 15.2. The summed E-state index contributed by atoms with van der Waals surface area (Å²) in [5.74, 6) is 0. The number of hydrogen-bond donors (Lipinski definition) is 1. The van der Waals surface area contributed by atoms with Crippen molar-refractivity contribution in [3.05, 3.63) is 70.8 Å². The predicted molar refractivity (Wildman–Crippen MR) is 101 cm³/mol. The molecule has 0 radical (unpaired) electrons. The van der Waals surface area contributed by atoms with Gasteiger partial charge in [0.15, 0.2) is 0 Å². The lowest BCUT2D eigenvalue weighted by molar-refractivity contribution is -0.108. The van der Waals surface area contributed by atoms with Gasteiger partial charge in [-0.25, -0.2) is 0 Å². The van der Waals surface area contributed by atoms with E-state index in [-0.39, 0.29) is 0 Å². The Morgan fingerprint density at radius 3 is 1.29 bits per heavy atom. The third-order valence-electron chi connectivity index (χ3n) is 4.41. The maximum atomic E-state index is 10.2. The van der Waals surface area contributed by atoms with Crippen LogP contribution in [0.3, 0.4) is 0 Å². The van der Waals surface area contributed by atoms with Crippen molar-refractivity contribution in [3.63, 3.8) is 0 Å². The molecule has 0 spiro atoms. The van der Waals surface area contributed by atoms with Gasteiger partial charge in [0.05, 0.1) is 0 Å². The minimum atomic E-state index is 0.561. The second kappa shape index (κ2) is 10.3. The standard InChI is InChI=1S/C22H31NO/c1-3-5-7-19-9-13-21(14-10-19)17-23(24)18-22-15-11-20(12-16-22)8-6-4-2/h9-16,24H,3-8,17-18H2,1-2H3. The lowest BCUT2D eigenvalue weighted by atomic mass is 10.1. The molecule has 0 heterocycles. The van der Waals surface area contributed by atoms with E-state index in [1.807, 2.05) is 0 Å². The number of hydrogen-bond acceptors (Lipinski definition) is 2. The minimum absolute atomic E-state index is 0.561. The second-order valence-corrected chi connectivity index (χ2v) is 6.66. The van der Waals surface area contributed by atoms with Crippen LogP contribution in [0, 0.1) is 0 Å². The first-order valence-corrected chi connectivity index (χ1v) is 9.30. The summed E-state index contributed by atoms with van der Waals surface area (Å²) in [4.78, 5) is 0. The molecule has 0 saturated carbocycles. The van der Waals surface area contributed by atoms with E-state index in [9.17, 15) is 5.21 Å². The normalized spacial score (nSPS) is 11.2. The number of hydroxylamine groups is 2. The molecule has 0 aliphatic rings. The van der Waals surface area contributed by atoms with Gasteiger partial charge >= 0.3 is 0 Å².